The number of carbonyl (C=O) groups is 1. The van der Waals surface area contributed by atoms with Crippen LogP contribution in [0.3, 0.4) is 0 Å². The van der Waals surface area contributed by atoms with E-state index in [0.717, 1.165) is 5.56 Å². The van der Waals surface area contributed by atoms with Gasteiger partial charge >= 0.3 is 0 Å². The van der Waals surface area contributed by atoms with Gasteiger partial charge in [-0.1, -0.05) is 18.2 Å². The van der Waals surface area contributed by atoms with Crippen LogP contribution in [-0.4, -0.2) is 49.0 Å². The van der Waals surface area contributed by atoms with Crippen LogP contribution >= 0.6 is 0 Å². The van der Waals surface area contributed by atoms with Gasteiger partial charge in [0, 0.05) is 24.9 Å². The Morgan fingerprint density at radius 1 is 0.854 bits per heavy atom. The zero-order chi connectivity index (χ0) is 29.2. The molecule has 10 nitrogen and oxygen atoms in total. The molecule has 0 aliphatic carbocycles. The van der Waals surface area contributed by atoms with E-state index in [0.29, 0.717) is 47.1 Å². The minimum atomic E-state index is -0.432. The van der Waals surface area contributed by atoms with E-state index in [4.69, 9.17) is 18.9 Å². The van der Waals surface area contributed by atoms with Crippen LogP contribution in [0.5, 0.6) is 23.0 Å². The molecule has 214 valence electrons. The number of hydrogen-bond acceptors (Lipinski definition) is 8. The summed E-state index contributed by atoms with van der Waals surface area (Å²) >= 11 is 0. The van der Waals surface area contributed by atoms with E-state index in [1.807, 2.05) is 18.2 Å². The van der Waals surface area contributed by atoms with Crippen molar-refractivity contribution in [2.75, 3.05) is 27.9 Å². The topological polar surface area (TPSA) is 125 Å². The number of aryl methyl sites for hydroxylation is 1. The number of halogens is 1. The van der Waals surface area contributed by atoms with E-state index in [1.165, 1.54) is 19.2 Å². The third-order valence-electron chi connectivity index (χ3n) is 6.26. The number of nitrogens with one attached hydrogen (secondary N) is 2. The highest BCUT2D eigenvalue weighted by atomic mass is 19.1. The van der Waals surface area contributed by atoms with Crippen molar-refractivity contribution in [1.82, 2.24) is 20.5 Å². The normalized spacial score (nSPS) is 10.6. The molecule has 4 rings (SSSR count). The lowest BCUT2D eigenvalue weighted by Crippen LogP contribution is -2.27. The summed E-state index contributed by atoms with van der Waals surface area (Å²) in [5.41, 5.74) is 1.95. The second kappa shape index (κ2) is 13.9. The minimum Gasteiger partial charge on any atom is -0.493 e. The van der Waals surface area contributed by atoms with Crippen LogP contribution in [0.15, 0.2) is 65.5 Å². The molecule has 1 aromatic heterocycles. The summed E-state index contributed by atoms with van der Waals surface area (Å²) in [5.74, 6) is 1.83. The third-order valence-corrected chi connectivity index (χ3v) is 6.26. The Kier molecular flexibility index (Phi) is 9.87. The van der Waals surface area contributed by atoms with E-state index < -0.39 is 5.56 Å². The van der Waals surface area contributed by atoms with Crippen LogP contribution in [0.1, 0.15) is 23.2 Å². The SMILES string of the molecule is COc1ccc(CCNC(=O)CCc2nnc(-c3ccc(OCc4cccc(F)c4)c(OC)c3)[nH]c2=O)cc1OC. The zero-order valence-electron chi connectivity index (χ0n) is 23.0. The van der Waals surface area contributed by atoms with Crippen LogP contribution in [0.4, 0.5) is 4.39 Å². The van der Waals surface area contributed by atoms with Gasteiger partial charge in [-0.3, -0.25) is 9.59 Å². The van der Waals surface area contributed by atoms with Gasteiger partial charge in [0.2, 0.25) is 5.91 Å². The molecule has 1 amide bonds. The Morgan fingerprint density at radius 2 is 1.61 bits per heavy atom. The molecule has 41 heavy (non-hydrogen) atoms. The quantitative estimate of drug-likeness (QED) is 0.252. The van der Waals surface area contributed by atoms with Crippen molar-refractivity contribution in [3.05, 3.63) is 93.7 Å². The van der Waals surface area contributed by atoms with E-state index in [1.54, 1.807) is 44.6 Å². The number of ether oxygens (including phenoxy) is 4. The number of nitrogens with zero attached hydrogens (tertiary/aromatic N) is 2. The second-order valence-corrected chi connectivity index (χ2v) is 9.02. The molecule has 0 fully saturated rings. The summed E-state index contributed by atoms with van der Waals surface area (Å²) in [5, 5.41) is 11.0. The minimum absolute atomic E-state index is 0.0915. The second-order valence-electron chi connectivity index (χ2n) is 9.02. The van der Waals surface area contributed by atoms with Gasteiger partial charge in [0.1, 0.15) is 18.1 Å². The lowest BCUT2D eigenvalue weighted by molar-refractivity contribution is -0.121. The lowest BCUT2D eigenvalue weighted by atomic mass is 10.1. The van der Waals surface area contributed by atoms with Crippen molar-refractivity contribution in [3.63, 3.8) is 0 Å². The Labute approximate surface area is 236 Å². The van der Waals surface area contributed by atoms with E-state index in [9.17, 15) is 14.0 Å². The van der Waals surface area contributed by atoms with Crippen molar-refractivity contribution in [1.29, 1.82) is 0 Å². The largest absolute Gasteiger partial charge is 0.493 e. The van der Waals surface area contributed by atoms with Gasteiger partial charge in [0.15, 0.2) is 28.8 Å². The van der Waals surface area contributed by atoms with Crippen molar-refractivity contribution in [3.8, 4) is 34.4 Å². The number of aromatic amines is 1. The number of H-pyrrole nitrogens is 1. The summed E-state index contributed by atoms with van der Waals surface area (Å²) in [6.45, 7) is 0.585. The van der Waals surface area contributed by atoms with Crippen LogP contribution in [0, 0.1) is 5.82 Å². The Morgan fingerprint density at radius 3 is 2.34 bits per heavy atom. The lowest BCUT2D eigenvalue weighted by Gasteiger charge is -2.12. The van der Waals surface area contributed by atoms with Crippen LogP contribution in [0.2, 0.25) is 0 Å². The van der Waals surface area contributed by atoms with Crippen LogP contribution < -0.4 is 29.8 Å². The predicted octanol–water partition coefficient (Wildman–Crippen LogP) is 3.87. The number of rotatable bonds is 13. The highest BCUT2D eigenvalue weighted by Crippen LogP contribution is 2.32. The van der Waals surface area contributed by atoms with Gasteiger partial charge in [-0.25, -0.2) is 4.39 Å². The number of hydrogen-bond donors (Lipinski definition) is 2. The van der Waals surface area contributed by atoms with Gasteiger partial charge in [-0.15, -0.1) is 10.2 Å². The number of aromatic nitrogens is 3. The van der Waals surface area contributed by atoms with Gasteiger partial charge in [-0.05, 0) is 60.0 Å². The van der Waals surface area contributed by atoms with Crippen molar-refractivity contribution < 1.29 is 28.1 Å². The van der Waals surface area contributed by atoms with Crippen LogP contribution in [0.25, 0.3) is 11.4 Å². The molecule has 0 unspecified atom stereocenters. The fraction of sp³-hybridized carbons (Fsp3) is 0.267. The predicted molar refractivity (Wildman–Crippen MR) is 150 cm³/mol. The van der Waals surface area contributed by atoms with E-state index in [2.05, 4.69) is 20.5 Å². The van der Waals surface area contributed by atoms with E-state index >= 15 is 0 Å². The molecule has 11 heteroatoms. The average Bonchev–Trinajstić information content (AvgIpc) is 2.99. The number of methoxy groups -OCH3 is 3. The monoisotopic (exact) mass is 562 g/mol. The Hall–Kier alpha value is -4.93. The zero-order valence-corrected chi connectivity index (χ0v) is 23.0. The molecule has 0 bridgehead atoms. The third kappa shape index (κ3) is 7.81. The highest BCUT2D eigenvalue weighted by molar-refractivity contribution is 5.76. The first-order chi connectivity index (χ1) is 19.9. The molecule has 0 saturated heterocycles. The smallest absolute Gasteiger partial charge is 0.273 e. The van der Waals surface area contributed by atoms with Crippen LogP contribution in [-0.2, 0) is 24.2 Å². The van der Waals surface area contributed by atoms with Crippen molar-refractivity contribution in [2.24, 2.45) is 0 Å². The molecule has 0 saturated carbocycles. The van der Waals surface area contributed by atoms with E-state index in [-0.39, 0.29) is 42.7 Å². The molecule has 3 aromatic carbocycles. The Balaban J connectivity index is 1.31. The van der Waals surface area contributed by atoms with Gasteiger partial charge < -0.3 is 29.2 Å². The fourth-order valence-corrected chi connectivity index (χ4v) is 4.08. The fourth-order valence-electron chi connectivity index (χ4n) is 4.08. The van der Waals surface area contributed by atoms with Gasteiger partial charge in [0.05, 0.1) is 21.3 Å². The van der Waals surface area contributed by atoms with Crippen molar-refractivity contribution in [2.45, 2.75) is 25.9 Å². The Bertz CT molecular complexity index is 1560. The summed E-state index contributed by atoms with van der Waals surface area (Å²) in [4.78, 5) is 27.7. The molecule has 1 heterocycles. The molecular weight excluding hydrogens is 531 g/mol. The maximum absolute atomic E-state index is 13.4. The van der Waals surface area contributed by atoms with Gasteiger partial charge in [0.25, 0.3) is 5.56 Å². The highest BCUT2D eigenvalue weighted by Gasteiger charge is 2.13. The molecule has 2 N–H and O–H groups in total. The molecular formula is C30H31FN4O6. The number of benzene rings is 3. The number of carbonyl (C=O) groups excluding carboxylic acids is 1. The van der Waals surface area contributed by atoms with Gasteiger partial charge in [-0.2, -0.15) is 0 Å². The maximum Gasteiger partial charge on any atom is 0.273 e. The molecule has 0 radical (unpaired) electrons. The first-order valence-corrected chi connectivity index (χ1v) is 12.9. The average molecular weight is 563 g/mol. The summed E-state index contributed by atoms with van der Waals surface area (Å²) in [6.07, 6.45) is 0.842. The first-order valence-electron chi connectivity index (χ1n) is 12.9. The summed E-state index contributed by atoms with van der Waals surface area (Å²) in [7, 11) is 4.63. The molecule has 0 atom stereocenters. The molecule has 0 spiro atoms. The standard InChI is InChI=1S/C30H31FN4O6/c1-38-24-10-7-19(16-26(24)39-2)13-14-32-28(36)12-9-23-30(37)33-29(35-34-23)21-8-11-25(27(17-21)40-3)41-18-20-5-4-6-22(31)15-20/h4-8,10-11,15-17H,9,12-14,18H2,1-3H3,(H,32,36)(H,33,35,37). The summed E-state index contributed by atoms with van der Waals surface area (Å²) in [6, 6.07) is 16.8. The summed E-state index contributed by atoms with van der Waals surface area (Å²) < 4.78 is 35.2. The first kappa shape index (κ1) is 29.1. The number of amides is 1. The molecule has 0 aliphatic rings. The maximum atomic E-state index is 13.4. The molecule has 0 aliphatic heterocycles. The van der Waals surface area contributed by atoms with Crippen molar-refractivity contribution >= 4 is 5.91 Å². The molecule has 4 aromatic rings.